The van der Waals surface area contributed by atoms with E-state index in [1.54, 1.807) is 20.2 Å². The fourth-order valence-electron chi connectivity index (χ4n) is 4.50. The summed E-state index contributed by atoms with van der Waals surface area (Å²) in [5, 5.41) is 3.14. The van der Waals surface area contributed by atoms with Crippen LogP contribution in [0, 0.1) is 0 Å². The van der Waals surface area contributed by atoms with E-state index in [1.165, 1.54) is 4.90 Å². The predicted octanol–water partition coefficient (Wildman–Crippen LogP) is 4.93. The topological polar surface area (TPSA) is 66.7 Å². The van der Waals surface area contributed by atoms with E-state index in [4.69, 9.17) is 4.42 Å². The van der Waals surface area contributed by atoms with Crippen LogP contribution >= 0.6 is 0 Å². The highest BCUT2D eigenvalue weighted by atomic mass is 16.3. The zero-order valence-corrected chi connectivity index (χ0v) is 19.5. The van der Waals surface area contributed by atoms with Crippen molar-refractivity contribution in [2.24, 2.45) is 0 Å². The molecule has 0 bridgehead atoms. The van der Waals surface area contributed by atoms with Crippen LogP contribution in [-0.4, -0.2) is 53.8 Å². The second kappa shape index (κ2) is 9.14. The number of nitrogens with zero attached hydrogens (tertiary/aromatic N) is 3. The van der Waals surface area contributed by atoms with Crippen molar-refractivity contribution in [3.8, 4) is 0 Å². The molecule has 6 heteroatoms. The summed E-state index contributed by atoms with van der Waals surface area (Å²) in [5.41, 5.74) is 3.81. The van der Waals surface area contributed by atoms with Crippen molar-refractivity contribution in [2.45, 2.75) is 19.3 Å². The molecule has 172 valence electrons. The molecule has 34 heavy (non-hydrogen) atoms. The number of carbonyl (C=O) groups excluding carboxylic acids is 2. The van der Waals surface area contributed by atoms with Crippen LogP contribution in [0.2, 0.25) is 0 Å². The molecule has 0 unspecified atom stereocenters. The van der Waals surface area contributed by atoms with E-state index in [0.717, 1.165) is 46.0 Å². The molecule has 0 radical (unpaired) electrons. The van der Waals surface area contributed by atoms with E-state index < -0.39 is 0 Å². The minimum atomic E-state index is -0.160. The Bertz CT molecular complexity index is 1410. The molecule has 1 aliphatic heterocycles. The number of rotatable bonds is 5. The van der Waals surface area contributed by atoms with Gasteiger partial charge in [0, 0.05) is 56.3 Å². The van der Waals surface area contributed by atoms with Crippen molar-refractivity contribution in [3.05, 3.63) is 83.9 Å². The molecule has 0 fully saturated rings. The third-order valence-electron chi connectivity index (χ3n) is 6.34. The quantitative estimate of drug-likeness (QED) is 0.430. The third kappa shape index (κ3) is 4.31. The zero-order chi connectivity index (χ0) is 23.7. The lowest BCUT2D eigenvalue weighted by Crippen LogP contribution is -2.35. The van der Waals surface area contributed by atoms with Gasteiger partial charge in [0.25, 0.3) is 5.91 Å². The lowest BCUT2D eigenvalue weighted by Gasteiger charge is -2.28. The molecule has 0 N–H and O–H groups in total. The van der Waals surface area contributed by atoms with Crippen LogP contribution in [0.15, 0.2) is 71.3 Å². The number of amides is 2. The van der Waals surface area contributed by atoms with E-state index in [9.17, 15) is 9.59 Å². The maximum atomic E-state index is 13.1. The Labute approximate surface area is 198 Å². The van der Waals surface area contributed by atoms with Crippen molar-refractivity contribution >= 4 is 39.1 Å². The second-order valence-corrected chi connectivity index (χ2v) is 8.87. The van der Waals surface area contributed by atoms with Crippen LogP contribution in [0.25, 0.3) is 27.3 Å². The van der Waals surface area contributed by atoms with Crippen molar-refractivity contribution in [1.82, 2.24) is 14.8 Å². The van der Waals surface area contributed by atoms with Crippen LogP contribution in [0.4, 0.5) is 0 Å². The van der Waals surface area contributed by atoms with E-state index in [2.05, 4.69) is 23.2 Å². The minimum absolute atomic E-state index is 0.142. The maximum absolute atomic E-state index is 13.1. The highest BCUT2D eigenvalue weighted by molar-refractivity contribution is 5.96. The van der Waals surface area contributed by atoms with Gasteiger partial charge in [-0.05, 0) is 53.6 Å². The Balaban J connectivity index is 1.28. The number of aryl methyl sites for hydroxylation is 1. The Morgan fingerprint density at radius 3 is 2.76 bits per heavy atom. The zero-order valence-electron chi connectivity index (χ0n) is 19.5. The SMILES string of the molecule is CN(C)C(=O)c1cc2cc(C3=CCCN(C(=O)CCc4nccc5ccccc45)C3)ccc2o1. The first-order valence-electron chi connectivity index (χ1n) is 11.5. The average molecular weight is 454 g/mol. The number of aromatic nitrogens is 1. The minimum Gasteiger partial charge on any atom is -0.451 e. The van der Waals surface area contributed by atoms with Crippen molar-refractivity contribution < 1.29 is 14.0 Å². The summed E-state index contributed by atoms with van der Waals surface area (Å²) in [5.74, 6) is 0.310. The molecule has 2 amide bonds. The summed E-state index contributed by atoms with van der Waals surface area (Å²) >= 11 is 0. The molecule has 0 saturated heterocycles. The summed E-state index contributed by atoms with van der Waals surface area (Å²) < 4.78 is 5.72. The molecule has 0 spiro atoms. The first-order chi connectivity index (χ1) is 16.5. The molecular weight excluding hydrogens is 426 g/mol. The Kier molecular flexibility index (Phi) is 5.88. The summed E-state index contributed by atoms with van der Waals surface area (Å²) in [6.45, 7) is 1.30. The van der Waals surface area contributed by atoms with Crippen molar-refractivity contribution in [1.29, 1.82) is 0 Å². The molecule has 0 saturated carbocycles. The lowest BCUT2D eigenvalue weighted by molar-refractivity contribution is -0.130. The van der Waals surface area contributed by atoms with E-state index in [-0.39, 0.29) is 11.8 Å². The van der Waals surface area contributed by atoms with Gasteiger partial charge in [-0.15, -0.1) is 0 Å². The highest BCUT2D eigenvalue weighted by Crippen LogP contribution is 2.28. The summed E-state index contributed by atoms with van der Waals surface area (Å²) in [6.07, 6.45) is 5.89. The maximum Gasteiger partial charge on any atom is 0.289 e. The molecule has 0 atom stereocenters. The number of fused-ring (bicyclic) bond motifs is 2. The fourth-order valence-corrected chi connectivity index (χ4v) is 4.50. The highest BCUT2D eigenvalue weighted by Gasteiger charge is 2.20. The van der Waals surface area contributed by atoms with Gasteiger partial charge >= 0.3 is 0 Å². The number of carbonyl (C=O) groups is 2. The Morgan fingerprint density at radius 1 is 1.06 bits per heavy atom. The monoisotopic (exact) mass is 453 g/mol. The number of hydrogen-bond acceptors (Lipinski definition) is 4. The number of furan rings is 1. The van der Waals surface area contributed by atoms with Crippen molar-refractivity contribution in [2.75, 3.05) is 27.2 Å². The summed E-state index contributed by atoms with van der Waals surface area (Å²) in [7, 11) is 3.41. The number of hydrogen-bond donors (Lipinski definition) is 0. The second-order valence-electron chi connectivity index (χ2n) is 8.87. The molecule has 6 nitrogen and oxygen atoms in total. The molecule has 0 aliphatic carbocycles. The van der Waals surface area contributed by atoms with Gasteiger partial charge < -0.3 is 14.2 Å². The summed E-state index contributed by atoms with van der Waals surface area (Å²) in [4.78, 5) is 33.2. The predicted molar refractivity (Wildman–Crippen MR) is 133 cm³/mol. The van der Waals surface area contributed by atoms with Crippen LogP contribution in [0.5, 0.6) is 0 Å². The molecule has 2 aromatic heterocycles. The van der Waals surface area contributed by atoms with Crippen LogP contribution in [-0.2, 0) is 11.2 Å². The van der Waals surface area contributed by atoms with Gasteiger partial charge in [0.15, 0.2) is 5.76 Å². The van der Waals surface area contributed by atoms with Gasteiger partial charge in [-0.1, -0.05) is 36.4 Å². The number of benzene rings is 2. The summed E-state index contributed by atoms with van der Waals surface area (Å²) in [6, 6.07) is 17.9. The third-order valence-corrected chi connectivity index (χ3v) is 6.34. The van der Waals surface area contributed by atoms with Gasteiger partial charge in [-0.2, -0.15) is 0 Å². The standard InChI is InChI=1S/C28H27N3O3/c1-30(2)28(33)26-17-22-16-20(9-11-25(22)34-26)21-7-5-15-31(18-21)27(32)12-10-24-23-8-4-3-6-19(23)13-14-29-24/h3-4,6-9,11,13-14,16-17H,5,10,12,15,18H2,1-2H3. The van der Waals surface area contributed by atoms with E-state index in [0.29, 0.717) is 30.7 Å². The van der Waals surface area contributed by atoms with Gasteiger partial charge in [-0.25, -0.2) is 0 Å². The van der Waals surface area contributed by atoms with Gasteiger partial charge in [0.05, 0.1) is 0 Å². The van der Waals surface area contributed by atoms with E-state index >= 15 is 0 Å². The van der Waals surface area contributed by atoms with E-state index in [1.807, 2.05) is 47.5 Å². The average Bonchev–Trinajstić information content (AvgIpc) is 3.30. The molecule has 4 aromatic rings. The first kappa shape index (κ1) is 21.9. The normalized spacial score (nSPS) is 13.8. The Morgan fingerprint density at radius 2 is 1.91 bits per heavy atom. The van der Waals surface area contributed by atoms with Crippen LogP contribution < -0.4 is 0 Å². The largest absolute Gasteiger partial charge is 0.451 e. The van der Waals surface area contributed by atoms with Crippen LogP contribution in [0.3, 0.4) is 0 Å². The number of pyridine rings is 1. The van der Waals surface area contributed by atoms with Gasteiger partial charge in [0.2, 0.25) is 5.91 Å². The molecule has 1 aliphatic rings. The molecular formula is C28H27N3O3. The lowest BCUT2D eigenvalue weighted by atomic mass is 9.99. The Hall–Kier alpha value is -3.93. The van der Waals surface area contributed by atoms with Crippen molar-refractivity contribution in [3.63, 3.8) is 0 Å². The molecule has 3 heterocycles. The molecule has 2 aromatic carbocycles. The first-order valence-corrected chi connectivity index (χ1v) is 11.5. The smallest absolute Gasteiger partial charge is 0.289 e. The van der Waals surface area contributed by atoms with Gasteiger partial charge in [-0.3, -0.25) is 14.6 Å². The fraction of sp³-hybridized carbons (Fsp3) is 0.250. The van der Waals surface area contributed by atoms with Gasteiger partial charge in [0.1, 0.15) is 5.58 Å². The van der Waals surface area contributed by atoms with Crippen LogP contribution in [0.1, 0.15) is 34.7 Å². The molecule has 5 rings (SSSR count).